The van der Waals surface area contributed by atoms with Crippen LogP contribution in [0.1, 0.15) is 65.5 Å². The fourth-order valence-electron chi connectivity index (χ4n) is 2.81. The summed E-state index contributed by atoms with van der Waals surface area (Å²) in [4.78, 5) is 14.1. The summed E-state index contributed by atoms with van der Waals surface area (Å²) < 4.78 is 11.9. The second-order valence-corrected chi connectivity index (χ2v) is 14.2. The van der Waals surface area contributed by atoms with E-state index in [1.165, 1.54) is 5.56 Å². The van der Waals surface area contributed by atoms with Crippen molar-refractivity contribution in [3.05, 3.63) is 35.4 Å². The van der Waals surface area contributed by atoms with E-state index in [1.807, 2.05) is 56.9 Å². The van der Waals surface area contributed by atoms with Gasteiger partial charge in [0.05, 0.1) is 19.3 Å². The number of hydrogen-bond donors (Lipinski definition) is 1. The second kappa shape index (κ2) is 13.1. The van der Waals surface area contributed by atoms with Gasteiger partial charge in [0.25, 0.3) is 0 Å². The molecule has 0 bridgehead atoms. The Kier molecular flexibility index (Phi) is 12.4. The number of rotatable bonds is 4. The van der Waals surface area contributed by atoms with E-state index in [9.17, 15) is 4.79 Å². The first-order chi connectivity index (χ1) is 14.7. The van der Waals surface area contributed by atoms with Crippen molar-refractivity contribution in [3.8, 4) is 12.8 Å². The third-order valence-corrected chi connectivity index (χ3v) is 8.97. The lowest BCUT2D eigenvalue weighted by molar-refractivity contribution is 0.0192. The molecule has 0 aliphatic carbocycles. The normalized spacial score (nSPS) is 16.9. The highest BCUT2D eigenvalue weighted by Crippen LogP contribution is 2.53. The number of ether oxygens (including phenoxy) is 1. The van der Waals surface area contributed by atoms with E-state index in [0.717, 1.165) is 24.9 Å². The minimum Gasteiger partial charge on any atom is -0.444 e. The summed E-state index contributed by atoms with van der Waals surface area (Å²) in [5.74, 6) is 0. The maximum Gasteiger partial charge on any atom is 0.410 e. The van der Waals surface area contributed by atoms with Gasteiger partial charge in [-0.1, -0.05) is 50.6 Å². The van der Waals surface area contributed by atoms with Crippen LogP contribution in [-0.4, -0.2) is 58.2 Å². The van der Waals surface area contributed by atoms with Crippen molar-refractivity contribution in [3.63, 3.8) is 0 Å². The predicted octanol–water partition coefficient (Wildman–Crippen LogP) is 5.92. The van der Waals surface area contributed by atoms with Crippen molar-refractivity contribution in [1.82, 2.24) is 4.90 Å². The largest absolute Gasteiger partial charge is 0.444 e. The number of hydrogen-bond acceptors (Lipinski definition) is 4. The predicted molar refractivity (Wildman–Crippen MR) is 138 cm³/mol. The van der Waals surface area contributed by atoms with Gasteiger partial charge in [0.1, 0.15) is 5.60 Å². The lowest BCUT2D eigenvalue weighted by Crippen LogP contribution is -2.42. The molecule has 1 aliphatic heterocycles. The molecule has 1 heterocycles. The van der Waals surface area contributed by atoms with Gasteiger partial charge in [-0.15, -0.1) is 23.2 Å². The minimum absolute atomic E-state index is 0.141. The van der Waals surface area contributed by atoms with Crippen molar-refractivity contribution >= 4 is 16.4 Å². The number of likely N-dealkylation sites (tertiary alicyclic amines) is 1. The Morgan fingerprint density at radius 2 is 1.78 bits per heavy atom. The molecule has 0 radical (unpaired) electrons. The van der Waals surface area contributed by atoms with Crippen molar-refractivity contribution in [2.24, 2.45) is 0 Å². The average Bonchev–Trinajstić information content (AvgIpc) is 3.15. The van der Waals surface area contributed by atoms with E-state index in [0.29, 0.717) is 6.61 Å². The Bertz CT molecular complexity index is 717. The molecule has 6 heteroatoms. The van der Waals surface area contributed by atoms with Gasteiger partial charge in [-0.25, -0.2) is 4.79 Å². The zero-order chi connectivity index (χ0) is 25.2. The minimum atomic E-state index is -1.15. The van der Waals surface area contributed by atoms with E-state index >= 15 is 0 Å². The summed E-state index contributed by atoms with van der Waals surface area (Å²) in [6, 6.07) is 7.99. The van der Waals surface area contributed by atoms with Gasteiger partial charge in [-0.2, -0.15) is 0 Å². The Morgan fingerprint density at radius 1 is 1.19 bits per heavy atom. The van der Waals surface area contributed by atoms with Crippen LogP contribution in [0.3, 0.4) is 0 Å². The van der Waals surface area contributed by atoms with Crippen molar-refractivity contribution in [2.75, 3.05) is 25.7 Å². The third kappa shape index (κ3) is 10.8. The maximum atomic E-state index is 12.2. The average molecular weight is 468 g/mol. The molecule has 1 aromatic carbocycles. The van der Waals surface area contributed by atoms with E-state index in [4.69, 9.17) is 14.0 Å². The number of aliphatic hydroxyl groups is 1. The zero-order valence-corrected chi connectivity index (χ0v) is 22.4. The van der Waals surface area contributed by atoms with Crippen molar-refractivity contribution in [1.29, 1.82) is 0 Å². The molecule has 0 spiro atoms. The maximum absolute atomic E-state index is 12.2. The molecule has 5 nitrogen and oxygen atoms in total. The number of aryl methyl sites for hydroxylation is 1. The summed E-state index contributed by atoms with van der Waals surface area (Å²) >= 11 is 0. The Labute approximate surface area is 198 Å². The summed E-state index contributed by atoms with van der Waals surface area (Å²) in [5, 5.41) is 8.66. The summed E-state index contributed by atoms with van der Waals surface area (Å²) in [5.41, 5.74) is 1.73. The first-order valence-electron chi connectivity index (χ1n) is 11.0. The lowest BCUT2D eigenvalue weighted by Gasteiger charge is -2.44. The van der Waals surface area contributed by atoms with Gasteiger partial charge in [-0.3, -0.25) is 0 Å². The number of terminal acetylenes is 1. The smallest absolute Gasteiger partial charge is 0.410 e. The fourth-order valence-corrected chi connectivity index (χ4v) is 3.66. The van der Waals surface area contributed by atoms with Crippen LogP contribution in [0.5, 0.6) is 0 Å². The van der Waals surface area contributed by atoms with Crippen LogP contribution < -0.4 is 0 Å². The Hall–Kier alpha value is -1.68. The number of amides is 1. The summed E-state index contributed by atoms with van der Waals surface area (Å²) in [6.45, 7) is 15.9. The fraction of sp³-hybridized carbons (Fsp3) is 0.654. The molecule has 1 amide bonds. The van der Waals surface area contributed by atoms with Crippen LogP contribution in [0.2, 0.25) is 0 Å². The first-order valence-corrected chi connectivity index (χ1v) is 13.4. The van der Waals surface area contributed by atoms with Gasteiger partial charge in [0.15, 0.2) is 0 Å². The van der Waals surface area contributed by atoms with Gasteiger partial charge in [-0.05, 0) is 58.6 Å². The molecule has 32 heavy (non-hydrogen) atoms. The number of carbonyl (C=O) groups is 1. The molecule has 1 saturated heterocycles. The molecule has 2 rings (SSSR count). The van der Waals surface area contributed by atoms with Crippen LogP contribution in [-0.2, 0) is 15.5 Å². The molecule has 1 aliphatic rings. The molecular formula is C26H45NO4S. The van der Waals surface area contributed by atoms with E-state index in [1.54, 1.807) is 0 Å². The number of benzene rings is 1. The molecule has 1 atom stereocenters. The van der Waals surface area contributed by atoms with Gasteiger partial charge in [0.2, 0.25) is 0 Å². The quantitative estimate of drug-likeness (QED) is 0.559. The first kappa shape index (κ1) is 30.3. The molecule has 1 aromatic rings. The van der Waals surface area contributed by atoms with Crippen molar-refractivity contribution in [2.45, 2.75) is 84.3 Å². The van der Waals surface area contributed by atoms with Crippen LogP contribution in [0, 0.1) is 19.8 Å². The summed E-state index contributed by atoms with van der Waals surface area (Å²) in [6.07, 6.45) is 14.2. The zero-order valence-electron chi connectivity index (χ0n) is 21.6. The molecule has 0 aromatic heterocycles. The number of nitrogens with zero attached hydrogens (tertiary/aromatic N) is 1. The number of carbonyl (C=O) groups excluding carboxylic acids is 1. The topological polar surface area (TPSA) is 59.0 Å². The van der Waals surface area contributed by atoms with Crippen LogP contribution >= 0.6 is 10.3 Å². The standard InChI is InChI=1S/C16H33NO3S.C8H10O.C2H2/c1-15(2,3)20-14(18)17-11-9-10-13(17)12-19-21(7,8)16(4,5)6;1-7-3-2-4-8(5-7)6-9;1-2/h13H,9-12H2,1-8H3;2-5,9H,6H2,1H3;1-2H/t13-;;/m0../s1. The Morgan fingerprint density at radius 3 is 2.22 bits per heavy atom. The van der Waals surface area contributed by atoms with Crippen LogP contribution in [0.4, 0.5) is 4.79 Å². The Balaban J connectivity index is 0.000000723. The third-order valence-electron chi connectivity index (χ3n) is 5.30. The highest BCUT2D eigenvalue weighted by atomic mass is 32.3. The lowest BCUT2D eigenvalue weighted by atomic mass is 10.1. The van der Waals surface area contributed by atoms with E-state index < -0.39 is 15.9 Å². The molecule has 1 fully saturated rings. The highest BCUT2D eigenvalue weighted by Gasteiger charge is 2.35. The molecular weight excluding hydrogens is 422 g/mol. The van der Waals surface area contributed by atoms with Crippen LogP contribution in [0.15, 0.2) is 24.3 Å². The van der Waals surface area contributed by atoms with Gasteiger partial charge < -0.3 is 18.9 Å². The monoisotopic (exact) mass is 467 g/mol. The number of aliphatic hydroxyl groups excluding tert-OH is 1. The van der Waals surface area contributed by atoms with E-state index in [2.05, 4.69) is 46.1 Å². The molecule has 184 valence electrons. The SMILES string of the molecule is C#C.CC(C)(C)OC(=O)N1CCC[C@H]1COS(C)(C)C(C)(C)C.Cc1cccc(CO)c1. The van der Waals surface area contributed by atoms with Gasteiger partial charge in [0, 0.05) is 11.3 Å². The summed E-state index contributed by atoms with van der Waals surface area (Å²) in [7, 11) is -1.15. The second-order valence-electron chi connectivity index (χ2n) is 10.2. The molecule has 1 N–H and O–H groups in total. The van der Waals surface area contributed by atoms with Crippen LogP contribution in [0.25, 0.3) is 0 Å². The molecule has 0 unspecified atom stereocenters. The van der Waals surface area contributed by atoms with Crippen molar-refractivity contribution < 1.29 is 18.8 Å². The van der Waals surface area contributed by atoms with E-state index in [-0.39, 0.29) is 23.5 Å². The van der Waals surface area contributed by atoms with Gasteiger partial charge >= 0.3 is 6.09 Å². The highest BCUT2D eigenvalue weighted by molar-refractivity contribution is 8.29. The molecule has 0 saturated carbocycles.